The van der Waals surface area contributed by atoms with Crippen LogP contribution in [-0.4, -0.2) is 22.8 Å². The molecule has 8 bridgehead atoms. The number of allylic oxidation sites excluding steroid dienone is 10. The molecule has 0 spiro atoms. The summed E-state index contributed by atoms with van der Waals surface area (Å²) in [6.07, 6.45) is 20.3. The van der Waals surface area contributed by atoms with Gasteiger partial charge in [0, 0.05) is 22.8 Å². The van der Waals surface area contributed by atoms with Gasteiger partial charge in [-0.05, 0) is 74.3 Å². The molecule has 0 aromatic heterocycles. The first-order valence-electron chi connectivity index (χ1n) is 8.33. The summed E-state index contributed by atoms with van der Waals surface area (Å²) in [5.41, 5.74) is 8.23. The molecule has 0 saturated carbocycles. The van der Waals surface area contributed by atoms with Gasteiger partial charge in [-0.3, -0.25) is 9.98 Å². The van der Waals surface area contributed by atoms with Crippen molar-refractivity contribution in [1.82, 2.24) is 0 Å². The first kappa shape index (κ1) is 13.5. The molecular formula is C20H16N4. The fraction of sp³-hybridized carbons (Fsp3) is 0.200. The van der Waals surface area contributed by atoms with Crippen LogP contribution in [0.3, 0.4) is 0 Å². The lowest BCUT2D eigenvalue weighted by Crippen LogP contribution is -1.88. The van der Waals surface area contributed by atoms with E-state index in [2.05, 4.69) is 34.3 Å². The van der Waals surface area contributed by atoms with Crippen molar-refractivity contribution in [3.63, 3.8) is 0 Å². The molecule has 0 saturated heterocycles. The lowest BCUT2D eigenvalue weighted by Gasteiger charge is -1.93. The predicted octanol–water partition coefficient (Wildman–Crippen LogP) is 4.03. The Labute approximate surface area is 140 Å². The Hall–Kier alpha value is -2.88. The van der Waals surface area contributed by atoms with Gasteiger partial charge in [-0.2, -0.15) is 0 Å². The van der Waals surface area contributed by atoms with Crippen LogP contribution in [-0.2, 0) is 0 Å². The summed E-state index contributed by atoms with van der Waals surface area (Å²) in [5.74, 6) is 0. The fourth-order valence-corrected chi connectivity index (χ4v) is 3.32. The molecule has 0 aromatic carbocycles. The maximum Gasteiger partial charge on any atom is 0.0655 e. The van der Waals surface area contributed by atoms with Crippen molar-refractivity contribution in [1.29, 1.82) is 0 Å². The van der Waals surface area contributed by atoms with Gasteiger partial charge in [0.1, 0.15) is 0 Å². The highest BCUT2D eigenvalue weighted by atomic mass is 14.8. The number of aliphatic imine (C=N–C) groups is 4. The average Bonchev–Trinajstić information content (AvgIpc) is 3.32. The standard InChI is InChI=1S/C20H16N4/c1-2-14-10-16-5-6-18(23-16)12-20-8-7-19(24-20)11-17-4-3-15(22-17)9-13(1)21-14/h1-2,7-12H,3-6H2. The maximum atomic E-state index is 4.72. The molecule has 0 aliphatic carbocycles. The minimum Gasteiger partial charge on any atom is -0.258 e. The summed E-state index contributed by atoms with van der Waals surface area (Å²) >= 11 is 0. The number of nitrogens with zero attached hydrogens (tertiary/aromatic N) is 4. The van der Waals surface area contributed by atoms with Crippen molar-refractivity contribution >= 4 is 22.8 Å². The zero-order valence-electron chi connectivity index (χ0n) is 13.2. The van der Waals surface area contributed by atoms with Crippen LogP contribution >= 0.6 is 0 Å². The van der Waals surface area contributed by atoms with Gasteiger partial charge >= 0.3 is 0 Å². The van der Waals surface area contributed by atoms with Crippen LogP contribution in [0.1, 0.15) is 25.7 Å². The first-order chi connectivity index (χ1) is 11.8. The molecule has 4 heteroatoms. The molecule has 4 nitrogen and oxygen atoms in total. The molecule has 5 aliphatic heterocycles. The summed E-state index contributed by atoms with van der Waals surface area (Å²) in [4.78, 5) is 18.8. The summed E-state index contributed by atoms with van der Waals surface area (Å²) in [6.45, 7) is 0. The second kappa shape index (κ2) is 5.34. The van der Waals surface area contributed by atoms with E-state index < -0.39 is 0 Å². The van der Waals surface area contributed by atoms with Gasteiger partial charge in [-0.1, -0.05) is 0 Å². The smallest absolute Gasteiger partial charge is 0.0655 e. The Kier molecular flexibility index (Phi) is 3.01. The highest BCUT2D eigenvalue weighted by Crippen LogP contribution is 2.24. The SMILES string of the molecule is C1=CC2=NC1=CC1=NC(=CC3=NC(=CC4=NC(=C2)CC4)C=C3)CC1. The lowest BCUT2D eigenvalue weighted by molar-refractivity contribution is 1.07. The third-order valence-electron chi connectivity index (χ3n) is 4.47. The minimum atomic E-state index is 0.960. The van der Waals surface area contributed by atoms with Crippen LogP contribution < -0.4 is 0 Å². The molecule has 5 aliphatic rings. The topological polar surface area (TPSA) is 49.4 Å². The zero-order chi connectivity index (χ0) is 15.9. The van der Waals surface area contributed by atoms with E-state index in [4.69, 9.17) is 9.98 Å². The zero-order valence-corrected chi connectivity index (χ0v) is 13.2. The Morgan fingerprint density at radius 3 is 1.50 bits per heavy atom. The van der Waals surface area contributed by atoms with Crippen molar-refractivity contribution in [2.75, 3.05) is 0 Å². The average molecular weight is 312 g/mol. The Balaban J connectivity index is 1.62. The highest BCUT2D eigenvalue weighted by molar-refractivity contribution is 6.11. The van der Waals surface area contributed by atoms with E-state index in [9.17, 15) is 0 Å². The van der Waals surface area contributed by atoms with E-state index in [-0.39, 0.29) is 0 Å². The Morgan fingerprint density at radius 2 is 1.00 bits per heavy atom. The van der Waals surface area contributed by atoms with Crippen molar-refractivity contribution < 1.29 is 0 Å². The van der Waals surface area contributed by atoms with Gasteiger partial charge < -0.3 is 0 Å². The minimum absolute atomic E-state index is 0.960. The van der Waals surface area contributed by atoms with Crippen LogP contribution in [0.4, 0.5) is 0 Å². The molecule has 0 atom stereocenters. The molecule has 0 unspecified atom stereocenters. The van der Waals surface area contributed by atoms with Crippen molar-refractivity contribution in [2.45, 2.75) is 25.7 Å². The Bertz CT molecular complexity index is 862. The Morgan fingerprint density at radius 1 is 0.500 bits per heavy atom. The molecule has 0 N–H and O–H groups in total. The number of hydrogen-bond donors (Lipinski definition) is 0. The van der Waals surface area contributed by atoms with Crippen LogP contribution in [0.15, 0.2) is 91.4 Å². The quantitative estimate of drug-likeness (QED) is 0.648. The van der Waals surface area contributed by atoms with Crippen LogP contribution in [0.5, 0.6) is 0 Å². The van der Waals surface area contributed by atoms with Gasteiger partial charge in [-0.15, -0.1) is 0 Å². The third kappa shape index (κ3) is 2.60. The summed E-state index contributed by atoms with van der Waals surface area (Å²) in [6, 6.07) is 0. The van der Waals surface area contributed by atoms with E-state index in [1.807, 2.05) is 24.3 Å². The molecule has 5 rings (SSSR count). The highest BCUT2D eigenvalue weighted by Gasteiger charge is 2.15. The number of hydrogen-bond acceptors (Lipinski definition) is 4. The normalized spacial score (nSPS) is 24.0. The van der Waals surface area contributed by atoms with Gasteiger partial charge in [0.25, 0.3) is 0 Å². The molecule has 0 fully saturated rings. The molecule has 0 aromatic rings. The summed E-state index contributed by atoms with van der Waals surface area (Å²) < 4.78 is 0. The number of rotatable bonds is 0. The van der Waals surface area contributed by atoms with E-state index >= 15 is 0 Å². The van der Waals surface area contributed by atoms with Crippen molar-refractivity contribution in [3.8, 4) is 0 Å². The third-order valence-corrected chi connectivity index (χ3v) is 4.47. The molecular weight excluding hydrogens is 296 g/mol. The van der Waals surface area contributed by atoms with E-state index in [0.717, 1.165) is 71.3 Å². The van der Waals surface area contributed by atoms with Crippen LogP contribution in [0, 0.1) is 0 Å². The molecule has 0 amide bonds. The molecule has 5 heterocycles. The van der Waals surface area contributed by atoms with Crippen molar-refractivity contribution in [2.24, 2.45) is 20.0 Å². The van der Waals surface area contributed by atoms with E-state index in [0.29, 0.717) is 0 Å². The largest absolute Gasteiger partial charge is 0.258 e. The van der Waals surface area contributed by atoms with Gasteiger partial charge in [0.05, 0.1) is 22.8 Å². The monoisotopic (exact) mass is 312 g/mol. The molecule has 0 radical (unpaired) electrons. The van der Waals surface area contributed by atoms with Crippen LogP contribution in [0.25, 0.3) is 0 Å². The van der Waals surface area contributed by atoms with Gasteiger partial charge in [-0.25, -0.2) is 9.98 Å². The van der Waals surface area contributed by atoms with E-state index in [1.165, 1.54) is 0 Å². The fourth-order valence-electron chi connectivity index (χ4n) is 3.32. The lowest BCUT2D eigenvalue weighted by atomic mass is 10.2. The molecule has 116 valence electrons. The second-order valence-electron chi connectivity index (χ2n) is 6.36. The number of fused-ring (bicyclic) bond motifs is 4. The van der Waals surface area contributed by atoms with Crippen molar-refractivity contribution in [3.05, 3.63) is 71.4 Å². The maximum absolute atomic E-state index is 4.72. The first-order valence-corrected chi connectivity index (χ1v) is 8.33. The predicted molar refractivity (Wildman–Crippen MR) is 98.8 cm³/mol. The second-order valence-corrected chi connectivity index (χ2v) is 6.36. The van der Waals surface area contributed by atoms with Crippen LogP contribution in [0.2, 0.25) is 0 Å². The van der Waals surface area contributed by atoms with E-state index in [1.54, 1.807) is 0 Å². The molecule has 24 heavy (non-hydrogen) atoms. The summed E-state index contributed by atoms with van der Waals surface area (Å²) in [7, 11) is 0. The van der Waals surface area contributed by atoms with Gasteiger partial charge in [0.15, 0.2) is 0 Å². The van der Waals surface area contributed by atoms with Gasteiger partial charge in [0.2, 0.25) is 0 Å². The summed E-state index contributed by atoms with van der Waals surface area (Å²) in [5, 5.41) is 0.